The quantitative estimate of drug-likeness (QED) is 0.788. The van der Waals surface area contributed by atoms with Gasteiger partial charge in [0.15, 0.2) is 0 Å². The summed E-state index contributed by atoms with van der Waals surface area (Å²) in [5.41, 5.74) is 0.402. The summed E-state index contributed by atoms with van der Waals surface area (Å²) in [5, 5.41) is 5.68. The smallest absolute Gasteiger partial charge is 0.252 e. The van der Waals surface area contributed by atoms with E-state index in [4.69, 9.17) is 5.14 Å². The van der Waals surface area contributed by atoms with Crippen LogP contribution in [0.15, 0.2) is 35.1 Å². The zero-order chi connectivity index (χ0) is 11.8. The summed E-state index contributed by atoms with van der Waals surface area (Å²) in [6, 6.07) is 8.67. The molecule has 0 spiro atoms. The Bertz CT molecular complexity index is 689. The molecule has 0 bridgehead atoms. The highest BCUT2D eigenvalue weighted by atomic mass is 32.2. The summed E-state index contributed by atoms with van der Waals surface area (Å²) in [6.07, 6.45) is 0. The number of aromatic nitrogens is 1. The van der Waals surface area contributed by atoms with Crippen LogP contribution < -0.4 is 10.7 Å². The highest BCUT2D eigenvalue weighted by Gasteiger charge is 2.09. The van der Waals surface area contributed by atoms with Gasteiger partial charge in [0.2, 0.25) is 10.0 Å². The Morgan fingerprint density at radius 2 is 1.94 bits per heavy atom. The Balaban J connectivity index is 2.63. The molecule has 0 aliphatic rings. The molecule has 1 aromatic heterocycles. The van der Waals surface area contributed by atoms with Crippen molar-refractivity contribution in [2.75, 3.05) is 0 Å². The van der Waals surface area contributed by atoms with Gasteiger partial charge in [-0.2, -0.15) is 0 Å². The van der Waals surface area contributed by atoms with E-state index in [-0.39, 0.29) is 5.56 Å². The van der Waals surface area contributed by atoms with E-state index >= 15 is 0 Å². The van der Waals surface area contributed by atoms with Gasteiger partial charge in [0, 0.05) is 11.1 Å². The third-order valence-electron chi connectivity index (χ3n) is 2.19. The molecule has 0 aliphatic carbocycles. The van der Waals surface area contributed by atoms with E-state index < -0.39 is 21.3 Å². The fraction of sp³-hybridized carbons (Fsp3) is 0.100. The summed E-state index contributed by atoms with van der Waals surface area (Å²) in [7, 11) is -3.69. The van der Waals surface area contributed by atoms with E-state index in [1.165, 1.54) is 0 Å². The zero-order valence-corrected chi connectivity index (χ0v) is 9.12. The van der Waals surface area contributed by atoms with Crippen LogP contribution in [0.25, 0.3) is 10.9 Å². The molecule has 1 heterocycles. The van der Waals surface area contributed by atoms with Crippen LogP contribution in [0.3, 0.4) is 0 Å². The number of primary sulfonamides is 1. The minimum atomic E-state index is -3.69. The number of rotatable bonds is 2. The van der Waals surface area contributed by atoms with Crippen LogP contribution in [0.4, 0.5) is 0 Å². The Labute approximate surface area is 92.0 Å². The van der Waals surface area contributed by atoms with Crippen LogP contribution in [0, 0.1) is 0 Å². The number of para-hydroxylation sites is 1. The predicted octanol–water partition coefficient (Wildman–Crippen LogP) is 0.317. The van der Waals surface area contributed by atoms with Gasteiger partial charge in [-0.05, 0) is 17.5 Å². The third-order valence-corrected chi connectivity index (χ3v) is 2.90. The molecule has 0 amide bonds. The molecule has 0 atom stereocenters. The lowest BCUT2D eigenvalue weighted by Gasteiger charge is -2.01. The molecule has 0 unspecified atom stereocenters. The summed E-state index contributed by atoms with van der Waals surface area (Å²) in [5.74, 6) is -0.451. The van der Waals surface area contributed by atoms with Crippen molar-refractivity contribution in [3.8, 4) is 0 Å². The average Bonchev–Trinajstić information content (AvgIpc) is 2.17. The van der Waals surface area contributed by atoms with E-state index in [0.717, 1.165) is 5.39 Å². The van der Waals surface area contributed by atoms with E-state index in [0.29, 0.717) is 5.52 Å². The standard InChI is InChI=1S/C10H10N2O3S/c11-16(14,15)6-8-5-7-3-1-2-4-9(7)12-10(8)13/h1-5H,6H2,(H,12,13)(H2,11,14,15). The van der Waals surface area contributed by atoms with Crippen molar-refractivity contribution in [3.05, 3.63) is 46.2 Å². The molecule has 1 aromatic carbocycles. The second-order valence-corrected chi connectivity index (χ2v) is 5.13. The van der Waals surface area contributed by atoms with Crippen molar-refractivity contribution >= 4 is 20.9 Å². The van der Waals surface area contributed by atoms with E-state index in [1.807, 2.05) is 0 Å². The summed E-state index contributed by atoms with van der Waals surface area (Å²) in [4.78, 5) is 14.1. The molecule has 2 rings (SSSR count). The maximum Gasteiger partial charge on any atom is 0.252 e. The lowest BCUT2D eigenvalue weighted by atomic mass is 10.2. The number of hydrogen-bond acceptors (Lipinski definition) is 3. The lowest BCUT2D eigenvalue weighted by molar-refractivity contribution is 0.597. The molecule has 16 heavy (non-hydrogen) atoms. The number of aromatic amines is 1. The first kappa shape index (κ1) is 10.8. The highest BCUT2D eigenvalue weighted by Crippen LogP contribution is 2.10. The molecule has 6 heteroatoms. The summed E-state index contributed by atoms with van der Waals surface area (Å²) in [6.45, 7) is 0. The Hall–Kier alpha value is -1.66. The van der Waals surface area contributed by atoms with Crippen LogP contribution in [0.2, 0.25) is 0 Å². The number of sulfonamides is 1. The molecule has 0 radical (unpaired) electrons. The van der Waals surface area contributed by atoms with Gasteiger partial charge in [-0.3, -0.25) is 4.79 Å². The van der Waals surface area contributed by atoms with Crippen molar-refractivity contribution in [3.63, 3.8) is 0 Å². The van der Waals surface area contributed by atoms with Gasteiger partial charge in [0.25, 0.3) is 5.56 Å². The van der Waals surface area contributed by atoms with Crippen LogP contribution in [-0.4, -0.2) is 13.4 Å². The molecular weight excluding hydrogens is 228 g/mol. The van der Waals surface area contributed by atoms with Crippen LogP contribution in [-0.2, 0) is 15.8 Å². The van der Waals surface area contributed by atoms with E-state index in [9.17, 15) is 13.2 Å². The first-order chi connectivity index (χ1) is 7.46. The monoisotopic (exact) mass is 238 g/mol. The highest BCUT2D eigenvalue weighted by molar-refractivity contribution is 7.88. The SMILES string of the molecule is NS(=O)(=O)Cc1cc2ccccc2[nH]c1=O. The molecule has 3 N–H and O–H groups in total. The maximum absolute atomic E-state index is 11.5. The molecule has 2 aromatic rings. The first-order valence-corrected chi connectivity index (χ1v) is 6.29. The van der Waals surface area contributed by atoms with Gasteiger partial charge in [0.1, 0.15) is 0 Å². The number of nitrogens with two attached hydrogens (primary N) is 1. The Morgan fingerprint density at radius 3 is 2.62 bits per heavy atom. The number of nitrogens with one attached hydrogen (secondary N) is 1. The second-order valence-electron chi connectivity index (χ2n) is 3.52. The summed E-state index contributed by atoms with van der Waals surface area (Å²) >= 11 is 0. The van der Waals surface area contributed by atoms with Gasteiger partial charge in [-0.25, -0.2) is 13.6 Å². The van der Waals surface area contributed by atoms with Crippen molar-refractivity contribution in [2.45, 2.75) is 5.75 Å². The minimum Gasteiger partial charge on any atom is -0.322 e. The number of fused-ring (bicyclic) bond motifs is 1. The molecular formula is C10H10N2O3S. The molecule has 0 saturated carbocycles. The van der Waals surface area contributed by atoms with Gasteiger partial charge in [-0.15, -0.1) is 0 Å². The van der Waals surface area contributed by atoms with Crippen LogP contribution in [0.1, 0.15) is 5.56 Å². The lowest BCUT2D eigenvalue weighted by Crippen LogP contribution is -2.21. The van der Waals surface area contributed by atoms with Crippen LogP contribution in [0.5, 0.6) is 0 Å². The fourth-order valence-corrected chi connectivity index (χ4v) is 2.16. The largest absolute Gasteiger partial charge is 0.322 e. The molecule has 0 aliphatic heterocycles. The zero-order valence-electron chi connectivity index (χ0n) is 8.30. The molecule has 0 fully saturated rings. The average molecular weight is 238 g/mol. The minimum absolute atomic E-state index is 0.154. The second kappa shape index (κ2) is 3.73. The van der Waals surface area contributed by atoms with Crippen molar-refractivity contribution in [1.29, 1.82) is 0 Å². The van der Waals surface area contributed by atoms with Crippen molar-refractivity contribution in [2.24, 2.45) is 5.14 Å². The van der Waals surface area contributed by atoms with E-state index in [2.05, 4.69) is 4.98 Å². The third kappa shape index (κ3) is 2.29. The molecule has 5 nitrogen and oxygen atoms in total. The predicted molar refractivity (Wildman–Crippen MR) is 61.4 cm³/mol. The number of H-pyrrole nitrogens is 1. The van der Waals surface area contributed by atoms with Gasteiger partial charge in [-0.1, -0.05) is 18.2 Å². The normalized spacial score (nSPS) is 11.8. The first-order valence-electron chi connectivity index (χ1n) is 4.57. The van der Waals surface area contributed by atoms with Crippen molar-refractivity contribution in [1.82, 2.24) is 4.98 Å². The topological polar surface area (TPSA) is 93.0 Å². The number of hydrogen-bond donors (Lipinski definition) is 2. The van der Waals surface area contributed by atoms with E-state index in [1.54, 1.807) is 30.3 Å². The summed E-state index contributed by atoms with van der Waals surface area (Å²) < 4.78 is 21.8. The number of benzene rings is 1. The van der Waals surface area contributed by atoms with Gasteiger partial charge in [0.05, 0.1) is 5.75 Å². The Morgan fingerprint density at radius 1 is 1.25 bits per heavy atom. The van der Waals surface area contributed by atoms with Gasteiger partial charge >= 0.3 is 0 Å². The molecule has 84 valence electrons. The van der Waals surface area contributed by atoms with Gasteiger partial charge < -0.3 is 4.98 Å². The Kier molecular flexibility index (Phi) is 2.53. The molecule has 0 saturated heterocycles. The van der Waals surface area contributed by atoms with Crippen LogP contribution >= 0.6 is 0 Å². The number of pyridine rings is 1. The van der Waals surface area contributed by atoms with Crippen molar-refractivity contribution < 1.29 is 8.42 Å². The fourth-order valence-electron chi connectivity index (χ4n) is 1.52. The maximum atomic E-state index is 11.5.